The molecule has 0 aliphatic carbocycles. The molecule has 0 heterocycles. The predicted molar refractivity (Wildman–Crippen MR) is 81.8 cm³/mol. The summed E-state index contributed by atoms with van der Waals surface area (Å²) in [4.78, 5) is 0. The van der Waals surface area contributed by atoms with E-state index in [9.17, 15) is 0 Å². The molecule has 0 aliphatic rings. The van der Waals surface area contributed by atoms with Crippen molar-refractivity contribution in [3.63, 3.8) is 0 Å². The average Bonchev–Trinajstić information content (AvgIpc) is 2.43. The van der Waals surface area contributed by atoms with Crippen LogP contribution < -0.4 is 10.1 Å². The maximum absolute atomic E-state index is 5.94. The molecular weight excluding hydrogens is 234 g/mol. The monoisotopic (exact) mass is 257 g/mol. The van der Waals surface area contributed by atoms with Gasteiger partial charge in [-0.15, -0.1) is 0 Å². The Kier molecular flexibility index (Phi) is 5.22. The van der Waals surface area contributed by atoms with Crippen molar-refractivity contribution in [1.82, 2.24) is 5.32 Å². The highest BCUT2D eigenvalue weighted by Crippen LogP contribution is 2.21. The summed E-state index contributed by atoms with van der Waals surface area (Å²) in [5.74, 6) is 0.948. The molecule has 0 spiro atoms. The van der Waals surface area contributed by atoms with Gasteiger partial charge in [-0.3, -0.25) is 0 Å². The molecule has 1 N–H and O–H groups in total. The average molecular weight is 257 g/mol. The zero-order chi connectivity index (χ0) is 13.5. The first-order valence-electron chi connectivity index (χ1n) is 7.16. The SMILES string of the molecule is CCCCNCC(C)Oc1ccc2ccccc2c1. The third kappa shape index (κ3) is 4.25. The molecule has 0 aromatic heterocycles. The van der Waals surface area contributed by atoms with Crippen molar-refractivity contribution in [1.29, 1.82) is 0 Å². The second-order valence-corrected chi connectivity index (χ2v) is 5.00. The maximum atomic E-state index is 5.94. The molecule has 102 valence electrons. The summed E-state index contributed by atoms with van der Waals surface area (Å²) in [6.07, 6.45) is 2.65. The largest absolute Gasteiger partial charge is 0.489 e. The molecule has 1 unspecified atom stereocenters. The smallest absolute Gasteiger partial charge is 0.120 e. The molecule has 1 atom stereocenters. The van der Waals surface area contributed by atoms with Crippen molar-refractivity contribution in [2.24, 2.45) is 0 Å². The number of benzene rings is 2. The van der Waals surface area contributed by atoms with Crippen LogP contribution >= 0.6 is 0 Å². The van der Waals surface area contributed by atoms with Crippen LogP contribution in [0, 0.1) is 0 Å². The van der Waals surface area contributed by atoms with Crippen LogP contribution in [-0.4, -0.2) is 19.2 Å². The van der Waals surface area contributed by atoms with Gasteiger partial charge in [0.2, 0.25) is 0 Å². The van der Waals surface area contributed by atoms with E-state index in [1.807, 2.05) is 6.07 Å². The molecule has 0 bridgehead atoms. The Morgan fingerprint density at radius 2 is 1.89 bits per heavy atom. The number of fused-ring (bicyclic) bond motifs is 1. The zero-order valence-corrected chi connectivity index (χ0v) is 11.9. The van der Waals surface area contributed by atoms with Gasteiger partial charge < -0.3 is 10.1 Å². The molecule has 0 fully saturated rings. The summed E-state index contributed by atoms with van der Waals surface area (Å²) in [5.41, 5.74) is 0. The molecule has 0 radical (unpaired) electrons. The second-order valence-electron chi connectivity index (χ2n) is 5.00. The van der Waals surface area contributed by atoms with Crippen molar-refractivity contribution < 1.29 is 4.74 Å². The van der Waals surface area contributed by atoms with Gasteiger partial charge in [-0.1, -0.05) is 43.7 Å². The number of rotatable bonds is 7. The van der Waals surface area contributed by atoms with Crippen LogP contribution in [0.25, 0.3) is 10.8 Å². The molecule has 2 heteroatoms. The van der Waals surface area contributed by atoms with Crippen LogP contribution in [0.1, 0.15) is 26.7 Å². The van der Waals surface area contributed by atoms with Gasteiger partial charge in [0.05, 0.1) is 0 Å². The normalized spacial score (nSPS) is 12.5. The topological polar surface area (TPSA) is 21.3 Å². The molecule has 0 amide bonds. The lowest BCUT2D eigenvalue weighted by Gasteiger charge is -2.15. The standard InChI is InChI=1S/C17H23NO/c1-3-4-11-18-13-14(2)19-17-10-9-15-7-5-6-8-16(15)12-17/h5-10,12,14,18H,3-4,11,13H2,1-2H3. The Morgan fingerprint density at radius 1 is 1.11 bits per heavy atom. The van der Waals surface area contributed by atoms with Crippen LogP contribution in [0.5, 0.6) is 5.75 Å². The fourth-order valence-corrected chi connectivity index (χ4v) is 2.12. The van der Waals surface area contributed by atoms with Gasteiger partial charge in [-0.25, -0.2) is 0 Å². The summed E-state index contributed by atoms with van der Waals surface area (Å²) < 4.78 is 5.94. The van der Waals surface area contributed by atoms with E-state index in [1.165, 1.54) is 23.6 Å². The predicted octanol–water partition coefficient (Wildman–Crippen LogP) is 4.00. The number of hydrogen-bond acceptors (Lipinski definition) is 2. The van der Waals surface area contributed by atoms with E-state index >= 15 is 0 Å². The van der Waals surface area contributed by atoms with Gasteiger partial charge >= 0.3 is 0 Å². The fraction of sp³-hybridized carbons (Fsp3) is 0.412. The lowest BCUT2D eigenvalue weighted by atomic mass is 10.1. The summed E-state index contributed by atoms with van der Waals surface area (Å²) in [6, 6.07) is 14.6. The Morgan fingerprint density at radius 3 is 2.68 bits per heavy atom. The van der Waals surface area contributed by atoms with Crippen molar-refractivity contribution in [2.75, 3.05) is 13.1 Å². The molecule has 2 aromatic carbocycles. The van der Waals surface area contributed by atoms with Crippen LogP contribution in [0.4, 0.5) is 0 Å². The van der Waals surface area contributed by atoms with E-state index in [1.54, 1.807) is 0 Å². The zero-order valence-electron chi connectivity index (χ0n) is 11.9. The van der Waals surface area contributed by atoms with Crippen LogP contribution in [0.3, 0.4) is 0 Å². The lowest BCUT2D eigenvalue weighted by Crippen LogP contribution is -2.29. The first-order valence-corrected chi connectivity index (χ1v) is 7.16. The van der Waals surface area contributed by atoms with Crippen molar-refractivity contribution in [3.8, 4) is 5.75 Å². The molecule has 19 heavy (non-hydrogen) atoms. The number of hydrogen-bond donors (Lipinski definition) is 1. The van der Waals surface area contributed by atoms with E-state index in [0.717, 1.165) is 18.8 Å². The first kappa shape index (κ1) is 13.9. The van der Waals surface area contributed by atoms with Gasteiger partial charge in [0, 0.05) is 6.54 Å². The lowest BCUT2D eigenvalue weighted by molar-refractivity contribution is 0.217. The fourth-order valence-electron chi connectivity index (χ4n) is 2.12. The third-order valence-electron chi connectivity index (χ3n) is 3.20. The minimum absolute atomic E-state index is 0.193. The Labute approximate surface area is 115 Å². The summed E-state index contributed by atoms with van der Waals surface area (Å²) in [5, 5.41) is 5.90. The minimum atomic E-state index is 0.193. The first-order chi connectivity index (χ1) is 9.29. The molecule has 2 aromatic rings. The number of unbranched alkanes of at least 4 members (excludes halogenated alkanes) is 1. The van der Waals surface area contributed by atoms with E-state index in [4.69, 9.17) is 4.74 Å². The molecule has 0 aliphatic heterocycles. The maximum Gasteiger partial charge on any atom is 0.120 e. The van der Waals surface area contributed by atoms with Crippen LogP contribution in [0.15, 0.2) is 42.5 Å². The van der Waals surface area contributed by atoms with Gasteiger partial charge in [0.1, 0.15) is 11.9 Å². The summed E-state index contributed by atoms with van der Waals surface area (Å²) in [7, 11) is 0. The van der Waals surface area contributed by atoms with Crippen molar-refractivity contribution in [2.45, 2.75) is 32.8 Å². The quantitative estimate of drug-likeness (QED) is 0.757. The Balaban J connectivity index is 1.89. The molecular formula is C17H23NO. The number of nitrogens with one attached hydrogen (secondary N) is 1. The van der Waals surface area contributed by atoms with E-state index in [0.29, 0.717) is 0 Å². The van der Waals surface area contributed by atoms with Gasteiger partial charge in [0.15, 0.2) is 0 Å². The van der Waals surface area contributed by atoms with E-state index in [-0.39, 0.29) is 6.10 Å². The minimum Gasteiger partial charge on any atom is -0.489 e. The number of ether oxygens (including phenoxy) is 1. The molecule has 2 rings (SSSR count). The van der Waals surface area contributed by atoms with E-state index < -0.39 is 0 Å². The van der Waals surface area contributed by atoms with Gasteiger partial charge in [-0.2, -0.15) is 0 Å². The molecule has 2 nitrogen and oxygen atoms in total. The molecule has 0 saturated carbocycles. The van der Waals surface area contributed by atoms with Crippen molar-refractivity contribution >= 4 is 10.8 Å². The van der Waals surface area contributed by atoms with Gasteiger partial charge in [0.25, 0.3) is 0 Å². The Hall–Kier alpha value is -1.54. The van der Waals surface area contributed by atoms with Crippen LogP contribution in [-0.2, 0) is 0 Å². The summed E-state index contributed by atoms with van der Waals surface area (Å²) >= 11 is 0. The Bertz CT molecular complexity index is 509. The highest BCUT2D eigenvalue weighted by Gasteiger charge is 2.04. The highest BCUT2D eigenvalue weighted by atomic mass is 16.5. The second kappa shape index (κ2) is 7.15. The third-order valence-corrected chi connectivity index (χ3v) is 3.20. The summed E-state index contributed by atoms with van der Waals surface area (Å²) in [6.45, 7) is 6.28. The molecule has 0 saturated heterocycles. The highest BCUT2D eigenvalue weighted by molar-refractivity contribution is 5.83. The van der Waals surface area contributed by atoms with E-state index in [2.05, 4.69) is 55.6 Å². The van der Waals surface area contributed by atoms with Crippen LogP contribution in [0.2, 0.25) is 0 Å². The van der Waals surface area contributed by atoms with Crippen molar-refractivity contribution in [3.05, 3.63) is 42.5 Å². The van der Waals surface area contributed by atoms with Gasteiger partial charge in [-0.05, 0) is 42.8 Å².